The zero-order chi connectivity index (χ0) is 18.9. The summed E-state index contributed by atoms with van der Waals surface area (Å²) in [6, 6.07) is 0. The lowest BCUT2D eigenvalue weighted by molar-refractivity contribution is -0.137. The fraction of sp³-hybridized carbons (Fsp3) is 0.650. The highest BCUT2D eigenvalue weighted by Crippen LogP contribution is 2.11. The zero-order valence-electron chi connectivity index (χ0n) is 15.3. The van der Waals surface area contributed by atoms with E-state index < -0.39 is 18.2 Å². The largest absolute Gasteiger partial charge is 0.510 e. The number of aliphatic hydroxyl groups excluding tert-OH is 3. The molecule has 0 bridgehead atoms. The van der Waals surface area contributed by atoms with Gasteiger partial charge in [0.2, 0.25) is 0 Å². The van der Waals surface area contributed by atoms with Crippen LogP contribution < -0.4 is 0 Å². The molecular formula is C20H34O5. The normalized spacial score (nSPS) is 15.1. The van der Waals surface area contributed by atoms with Crippen LogP contribution in [0.1, 0.15) is 71.1 Å². The SMILES string of the molecule is CCCCCC(O)C/C=C(\O)C(O)C/C=C/C/C=C/CCCC(=O)O. The van der Waals surface area contributed by atoms with Crippen molar-refractivity contribution < 1.29 is 25.2 Å². The maximum Gasteiger partial charge on any atom is 0.303 e. The van der Waals surface area contributed by atoms with Crippen LogP contribution >= 0.6 is 0 Å². The van der Waals surface area contributed by atoms with Crippen LogP contribution in [0, 0.1) is 0 Å². The van der Waals surface area contributed by atoms with Gasteiger partial charge in [-0.05, 0) is 44.6 Å². The van der Waals surface area contributed by atoms with Crippen molar-refractivity contribution in [3.05, 3.63) is 36.1 Å². The molecule has 144 valence electrons. The van der Waals surface area contributed by atoms with Crippen LogP contribution in [0.25, 0.3) is 0 Å². The predicted molar refractivity (Wildman–Crippen MR) is 100 cm³/mol. The first-order chi connectivity index (χ1) is 12.0. The first-order valence-electron chi connectivity index (χ1n) is 9.24. The average Bonchev–Trinajstić information content (AvgIpc) is 2.57. The maximum absolute atomic E-state index is 10.3. The van der Waals surface area contributed by atoms with Crippen molar-refractivity contribution >= 4 is 5.97 Å². The van der Waals surface area contributed by atoms with Gasteiger partial charge in [-0.25, -0.2) is 0 Å². The summed E-state index contributed by atoms with van der Waals surface area (Å²) in [5.74, 6) is -0.868. The van der Waals surface area contributed by atoms with Crippen LogP contribution in [0.15, 0.2) is 36.1 Å². The van der Waals surface area contributed by atoms with Gasteiger partial charge in [0.15, 0.2) is 0 Å². The van der Waals surface area contributed by atoms with Crippen LogP contribution in [0.3, 0.4) is 0 Å². The first kappa shape index (κ1) is 23.4. The quantitative estimate of drug-likeness (QED) is 0.200. The third kappa shape index (κ3) is 15.7. The minimum Gasteiger partial charge on any atom is -0.510 e. The number of hydrogen-bond donors (Lipinski definition) is 4. The Morgan fingerprint density at radius 2 is 1.68 bits per heavy atom. The fourth-order valence-corrected chi connectivity index (χ4v) is 2.25. The molecule has 4 N–H and O–H groups in total. The topological polar surface area (TPSA) is 98.0 Å². The number of carboxylic acid groups (broad SMARTS) is 1. The monoisotopic (exact) mass is 354 g/mol. The molecule has 0 saturated carbocycles. The Bertz CT molecular complexity index is 426. The molecule has 0 aliphatic heterocycles. The molecule has 0 rings (SSSR count). The second kappa shape index (κ2) is 15.9. The lowest BCUT2D eigenvalue weighted by atomic mass is 10.1. The standard InChI is InChI=1S/C20H34O5/c1-2-3-9-12-17(21)15-16-19(23)18(22)13-10-7-5-4-6-8-11-14-20(24)25/h4,6-7,10,16-18,21-23H,2-3,5,8-9,11-15H2,1H3,(H,24,25)/b6-4+,10-7+,19-16-. The van der Waals surface area contributed by atoms with Crippen molar-refractivity contribution in [2.75, 3.05) is 0 Å². The number of allylic oxidation sites excluding steroid dienone is 3. The van der Waals surface area contributed by atoms with E-state index in [-0.39, 0.29) is 12.2 Å². The molecule has 0 spiro atoms. The summed E-state index contributed by atoms with van der Waals surface area (Å²) in [7, 11) is 0. The molecule has 0 aromatic heterocycles. The number of aliphatic carboxylic acids is 1. The zero-order valence-corrected chi connectivity index (χ0v) is 15.3. The maximum atomic E-state index is 10.3. The first-order valence-corrected chi connectivity index (χ1v) is 9.24. The highest BCUT2D eigenvalue weighted by Gasteiger charge is 2.08. The lowest BCUT2D eigenvalue weighted by Gasteiger charge is -2.10. The Labute approximate surface area is 151 Å². The smallest absolute Gasteiger partial charge is 0.303 e. The average molecular weight is 354 g/mol. The van der Waals surface area contributed by atoms with E-state index in [2.05, 4.69) is 6.92 Å². The van der Waals surface area contributed by atoms with Gasteiger partial charge < -0.3 is 20.4 Å². The molecule has 0 radical (unpaired) electrons. The van der Waals surface area contributed by atoms with E-state index in [4.69, 9.17) is 5.11 Å². The van der Waals surface area contributed by atoms with E-state index in [1.54, 1.807) is 6.08 Å². The van der Waals surface area contributed by atoms with Gasteiger partial charge in [0.25, 0.3) is 0 Å². The number of unbranched alkanes of at least 4 members (excludes halogenated alkanes) is 3. The molecule has 5 heteroatoms. The van der Waals surface area contributed by atoms with E-state index in [9.17, 15) is 20.1 Å². The summed E-state index contributed by atoms with van der Waals surface area (Å²) in [5.41, 5.74) is 0. The molecule has 0 aromatic rings. The Morgan fingerprint density at radius 3 is 2.36 bits per heavy atom. The van der Waals surface area contributed by atoms with Gasteiger partial charge >= 0.3 is 5.97 Å². The predicted octanol–water partition coefficient (Wildman–Crippen LogP) is 4.27. The molecule has 5 nitrogen and oxygen atoms in total. The summed E-state index contributed by atoms with van der Waals surface area (Å²) < 4.78 is 0. The Hall–Kier alpha value is -1.59. The minimum atomic E-state index is -0.946. The van der Waals surface area contributed by atoms with E-state index >= 15 is 0 Å². The van der Waals surface area contributed by atoms with Crippen LogP contribution in [0.5, 0.6) is 0 Å². The summed E-state index contributed by atoms with van der Waals surface area (Å²) >= 11 is 0. The van der Waals surface area contributed by atoms with Crippen LogP contribution in [0.4, 0.5) is 0 Å². The van der Waals surface area contributed by atoms with Gasteiger partial charge in [-0.15, -0.1) is 0 Å². The highest BCUT2D eigenvalue weighted by atomic mass is 16.4. The molecule has 0 aliphatic carbocycles. The molecule has 0 saturated heterocycles. The summed E-state index contributed by atoms with van der Waals surface area (Å²) in [5, 5.41) is 37.9. The Morgan fingerprint density at radius 1 is 0.960 bits per heavy atom. The second-order valence-electron chi connectivity index (χ2n) is 6.23. The van der Waals surface area contributed by atoms with E-state index in [1.807, 2.05) is 18.2 Å². The number of carboxylic acids is 1. The lowest BCUT2D eigenvalue weighted by Crippen LogP contribution is -2.11. The fourth-order valence-electron chi connectivity index (χ4n) is 2.25. The van der Waals surface area contributed by atoms with Gasteiger partial charge in [-0.1, -0.05) is 50.5 Å². The molecule has 2 unspecified atom stereocenters. The second-order valence-corrected chi connectivity index (χ2v) is 6.23. The molecule has 0 aromatic carbocycles. The van der Waals surface area contributed by atoms with Crippen LogP contribution in [-0.2, 0) is 4.79 Å². The van der Waals surface area contributed by atoms with Crippen LogP contribution in [0.2, 0.25) is 0 Å². The number of aliphatic hydroxyl groups is 3. The highest BCUT2D eigenvalue weighted by molar-refractivity contribution is 5.66. The minimum absolute atomic E-state index is 0.0941. The number of rotatable bonds is 15. The summed E-state index contributed by atoms with van der Waals surface area (Å²) in [6.07, 6.45) is 14.5. The third-order valence-corrected chi connectivity index (χ3v) is 3.81. The molecule has 0 fully saturated rings. The van der Waals surface area contributed by atoms with E-state index in [0.29, 0.717) is 32.1 Å². The van der Waals surface area contributed by atoms with Gasteiger partial charge in [0.05, 0.1) is 6.10 Å². The van der Waals surface area contributed by atoms with Gasteiger partial charge in [0.1, 0.15) is 11.9 Å². The van der Waals surface area contributed by atoms with Crippen molar-refractivity contribution in [2.24, 2.45) is 0 Å². The van der Waals surface area contributed by atoms with Crippen molar-refractivity contribution in [1.29, 1.82) is 0 Å². The summed E-state index contributed by atoms with van der Waals surface area (Å²) in [4.78, 5) is 10.3. The van der Waals surface area contributed by atoms with Gasteiger partial charge in [0, 0.05) is 6.42 Å². The number of carbonyl (C=O) groups is 1. The number of hydrogen-bond acceptors (Lipinski definition) is 4. The van der Waals surface area contributed by atoms with Gasteiger partial charge in [-0.2, -0.15) is 0 Å². The Kier molecular flexibility index (Phi) is 14.9. The van der Waals surface area contributed by atoms with Crippen molar-refractivity contribution in [2.45, 2.75) is 83.3 Å². The van der Waals surface area contributed by atoms with Crippen molar-refractivity contribution in [1.82, 2.24) is 0 Å². The van der Waals surface area contributed by atoms with E-state index in [1.165, 1.54) is 6.08 Å². The van der Waals surface area contributed by atoms with Gasteiger partial charge in [-0.3, -0.25) is 4.79 Å². The van der Waals surface area contributed by atoms with Crippen LogP contribution in [-0.4, -0.2) is 38.6 Å². The molecule has 2 atom stereocenters. The third-order valence-electron chi connectivity index (χ3n) is 3.81. The summed E-state index contributed by atoms with van der Waals surface area (Å²) in [6.45, 7) is 2.11. The Balaban J connectivity index is 3.87. The molecule has 0 amide bonds. The molecule has 0 aliphatic rings. The molecule has 0 heterocycles. The van der Waals surface area contributed by atoms with Crippen molar-refractivity contribution in [3.8, 4) is 0 Å². The van der Waals surface area contributed by atoms with E-state index in [0.717, 1.165) is 25.7 Å². The molecule has 25 heavy (non-hydrogen) atoms. The van der Waals surface area contributed by atoms with Crippen molar-refractivity contribution in [3.63, 3.8) is 0 Å². The molecular weight excluding hydrogens is 320 g/mol.